The van der Waals surface area contributed by atoms with Crippen molar-refractivity contribution >= 4 is 46.4 Å². The van der Waals surface area contributed by atoms with E-state index in [4.69, 9.17) is 39.5 Å². The summed E-state index contributed by atoms with van der Waals surface area (Å²) in [5.74, 6) is 0.646. The first-order chi connectivity index (χ1) is 20.7. The van der Waals surface area contributed by atoms with Gasteiger partial charge in [-0.25, -0.2) is 0 Å². The third kappa shape index (κ3) is 11.2. The molecule has 1 unspecified atom stereocenters. The van der Waals surface area contributed by atoms with Crippen LogP contribution in [-0.2, 0) is 11.2 Å². The van der Waals surface area contributed by atoms with Crippen LogP contribution in [0.4, 0.5) is 5.69 Å². The van der Waals surface area contributed by atoms with Crippen molar-refractivity contribution in [2.45, 2.75) is 61.7 Å². The predicted octanol–water partition coefficient (Wildman–Crippen LogP) is 6.89. The van der Waals surface area contributed by atoms with E-state index in [-0.39, 0.29) is 12.3 Å². The number of anilines is 1. The van der Waals surface area contributed by atoms with E-state index in [0.29, 0.717) is 13.0 Å². The summed E-state index contributed by atoms with van der Waals surface area (Å²) in [4.78, 5) is 20.3. The zero-order valence-electron chi connectivity index (χ0n) is 25.7. The lowest BCUT2D eigenvalue weighted by molar-refractivity contribution is -0.122. The van der Waals surface area contributed by atoms with Crippen LogP contribution in [0.3, 0.4) is 0 Å². The average molecular weight is 650 g/mol. The summed E-state index contributed by atoms with van der Waals surface area (Å²) in [5, 5.41) is 3.24. The minimum absolute atomic E-state index is 0.183. The zero-order valence-corrected chi connectivity index (χ0v) is 27.9. The summed E-state index contributed by atoms with van der Waals surface area (Å²) in [5.41, 5.74) is 3.07. The first kappa shape index (κ1) is 33.9. The Morgan fingerprint density at radius 2 is 1.77 bits per heavy atom. The van der Waals surface area contributed by atoms with E-state index < -0.39 is 9.33 Å². The van der Waals surface area contributed by atoms with Crippen LogP contribution < -0.4 is 15.0 Å². The van der Waals surface area contributed by atoms with Gasteiger partial charge in [-0.05, 0) is 76.0 Å². The molecule has 236 valence electrons. The van der Waals surface area contributed by atoms with Crippen LogP contribution in [0, 0.1) is 0 Å². The van der Waals surface area contributed by atoms with Crippen LogP contribution in [0.15, 0.2) is 66.2 Å². The van der Waals surface area contributed by atoms with Gasteiger partial charge in [0.05, 0.1) is 12.0 Å². The Morgan fingerprint density at radius 1 is 1.02 bits per heavy atom. The number of hydrogen-bond acceptors (Lipinski definition) is 5. The van der Waals surface area contributed by atoms with Gasteiger partial charge >= 0.3 is 0 Å². The van der Waals surface area contributed by atoms with Crippen LogP contribution in [-0.4, -0.2) is 84.0 Å². The number of halogens is 3. The lowest BCUT2D eigenvalue weighted by Crippen LogP contribution is -2.48. The molecule has 6 nitrogen and oxygen atoms in total. The molecule has 1 saturated heterocycles. The molecule has 2 aromatic rings. The number of rotatable bonds is 16. The van der Waals surface area contributed by atoms with Gasteiger partial charge < -0.3 is 19.9 Å². The topological polar surface area (TPSA) is 48.1 Å². The summed E-state index contributed by atoms with van der Waals surface area (Å²) in [7, 11) is 0. The van der Waals surface area contributed by atoms with E-state index in [9.17, 15) is 4.79 Å². The van der Waals surface area contributed by atoms with Crippen LogP contribution >= 0.6 is 34.8 Å². The summed E-state index contributed by atoms with van der Waals surface area (Å²) in [6.45, 7) is 13.1. The molecule has 1 N–H and O–H groups in total. The molecule has 2 aliphatic rings. The van der Waals surface area contributed by atoms with Crippen LogP contribution in [0.25, 0.3) is 0 Å². The van der Waals surface area contributed by atoms with Gasteiger partial charge in [0.25, 0.3) is 0 Å². The molecule has 1 amide bonds. The van der Waals surface area contributed by atoms with Crippen molar-refractivity contribution < 1.29 is 9.53 Å². The summed E-state index contributed by atoms with van der Waals surface area (Å²) >= 11 is 17.9. The number of ether oxygens (including phenoxy) is 1. The SMILES string of the molecule is CCN(CC)CCN(CC1=CC(Cc2ccccc2)(NC(=O)CC(Cl)(Cl)Cl)CC1)c1cccc(OCCN2CCCC2)c1. The third-order valence-corrected chi connectivity index (χ3v) is 8.92. The molecular weight excluding hydrogens is 603 g/mol. The monoisotopic (exact) mass is 648 g/mol. The lowest BCUT2D eigenvalue weighted by Gasteiger charge is -2.30. The lowest BCUT2D eigenvalue weighted by atomic mass is 9.90. The van der Waals surface area contributed by atoms with Crippen molar-refractivity contribution in [3.63, 3.8) is 0 Å². The minimum Gasteiger partial charge on any atom is -0.492 e. The van der Waals surface area contributed by atoms with Gasteiger partial charge in [0.2, 0.25) is 5.91 Å². The van der Waals surface area contributed by atoms with Gasteiger partial charge in [-0.1, -0.05) is 96.7 Å². The highest BCUT2D eigenvalue weighted by Gasteiger charge is 2.37. The molecule has 4 rings (SSSR count). The summed E-state index contributed by atoms with van der Waals surface area (Å²) in [6, 6.07) is 18.7. The fourth-order valence-electron chi connectivity index (χ4n) is 6.20. The Hall–Kier alpha value is -1.96. The van der Waals surface area contributed by atoms with Crippen molar-refractivity contribution in [2.24, 2.45) is 0 Å². The fraction of sp³-hybridized carbons (Fsp3) is 0.559. The Morgan fingerprint density at radius 3 is 2.47 bits per heavy atom. The predicted molar refractivity (Wildman–Crippen MR) is 181 cm³/mol. The molecule has 43 heavy (non-hydrogen) atoms. The molecule has 0 spiro atoms. The standard InChI is InChI=1S/C34H47Cl3N4O2/c1-3-39(4-2)19-20-41(30-13-10-14-31(23-30)43-22-21-40-17-8-9-18-40)27-29-15-16-33(25-29,24-28-11-6-5-7-12-28)38-32(42)26-34(35,36)37/h5-7,10-14,23,25H,3-4,8-9,15-22,24,26-27H2,1-2H3,(H,38,42). The van der Waals surface area contributed by atoms with Crippen molar-refractivity contribution in [2.75, 3.05) is 63.9 Å². The second kappa shape index (κ2) is 16.4. The van der Waals surface area contributed by atoms with E-state index in [1.54, 1.807) is 0 Å². The first-order valence-corrected chi connectivity index (χ1v) is 16.8. The van der Waals surface area contributed by atoms with Gasteiger partial charge in [0.1, 0.15) is 12.4 Å². The van der Waals surface area contributed by atoms with Crippen molar-refractivity contribution in [1.82, 2.24) is 15.1 Å². The number of carbonyl (C=O) groups is 1. The molecule has 0 radical (unpaired) electrons. The van der Waals surface area contributed by atoms with Gasteiger partial charge in [0, 0.05) is 37.9 Å². The van der Waals surface area contributed by atoms with Gasteiger partial charge in [0.15, 0.2) is 3.79 Å². The Bertz CT molecular complexity index is 1180. The molecule has 2 aromatic carbocycles. The molecule has 1 heterocycles. The number of carbonyl (C=O) groups excluding carboxylic acids is 1. The van der Waals surface area contributed by atoms with E-state index in [1.807, 2.05) is 18.2 Å². The van der Waals surface area contributed by atoms with Crippen LogP contribution in [0.2, 0.25) is 0 Å². The highest BCUT2D eigenvalue weighted by atomic mass is 35.6. The second-order valence-electron chi connectivity index (χ2n) is 11.8. The van der Waals surface area contributed by atoms with E-state index in [2.05, 4.69) is 76.3 Å². The molecule has 1 aliphatic carbocycles. The van der Waals surface area contributed by atoms with Crippen molar-refractivity contribution in [1.29, 1.82) is 0 Å². The zero-order chi connectivity index (χ0) is 30.7. The Balaban J connectivity index is 1.52. The van der Waals surface area contributed by atoms with E-state index in [1.165, 1.54) is 31.5 Å². The highest BCUT2D eigenvalue weighted by Crippen LogP contribution is 2.35. The molecular formula is C34H47Cl3N4O2. The minimum atomic E-state index is -1.63. The maximum absolute atomic E-state index is 13.0. The summed E-state index contributed by atoms with van der Waals surface area (Å²) < 4.78 is 4.57. The number of likely N-dealkylation sites (N-methyl/N-ethyl adjacent to an activating group) is 1. The molecule has 9 heteroatoms. The molecule has 1 atom stereocenters. The Labute approximate surface area is 273 Å². The highest BCUT2D eigenvalue weighted by molar-refractivity contribution is 6.68. The number of benzene rings is 2. The number of likely N-dealkylation sites (tertiary alicyclic amines) is 1. The second-order valence-corrected chi connectivity index (χ2v) is 14.3. The molecule has 1 fully saturated rings. The maximum Gasteiger partial charge on any atom is 0.224 e. The van der Waals surface area contributed by atoms with Gasteiger partial charge in [-0.15, -0.1) is 0 Å². The Kier molecular flexibility index (Phi) is 12.9. The average Bonchev–Trinajstić information content (AvgIpc) is 3.63. The number of alkyl halides is 3. The van der Waals surface area contributed by atoms with Crippen molar-refractivity contribution in [3.8, 4) is 5.75 Å². The number of nitrogens with zero attached hydrogens (tertiary/aromatic N) is 3. The molecule has 0 bridgehead atoms. The van der Waals surface area contributed by atoms with Gasteiger partial charge in [-0.3, -0.25) is 9.69 Å². The van der Waals surface area contributed by atoms with Crippen LogP contribution in [0.1, 0.15) is 51.5 Å². The molecule has 0 saturated carbocycles. The molecule has 0 aromatic heterocycles. The first-order valence-electron chi connectivity index (χ1n) is 15.7. The van der Waals surface area contributed by atoms with Gasteiger partial charge in [-0.2, -0.15) is 0 Å². The quantitative estimate of drug-likeness (QED) is 0.159. The number of nitrogens with one attached hydrogen (secondary N) is 1. The maximum atomic E-state index is 13.0. The number of hydrogen-bond donors (Lipinski definition) is 1. The largest absolute Gasteiger partial charge is 0.492 e. The third-order valence-electron chi connectivity index (χ3n) is 8.52. The van der Waals surface area contributed by atoms with E-state index in [0.717, 1.165) is 69.1 Å². The normalized spacial score (nSPS) is 19.1. The smallest absolute Gasteiger partial charge is 0.224 e. The van der Waals surface area contributed by atoms with Crippen molar-refractivity contribution in [3.05, 3.63) is 71.8 Å². The van der Waals surface area contributed by atoms with Crippen LogP contribution in [0.5, 0.6) is 5.75 Å². The number of amides is 1. The molecule has 1 aliphatic heterocycles. The van der Waals surface area contributed by atoms with E-state index >= 15 is 0 Å². The fourth-order valence-corrected chi connectivity index (χ4v) is 6.57. The summed E-state index contributed by atoms with van der Waals surface area (Å²) in [6.07, 6.45) is 7.02.